The Morgan fingerprint density at radius 3 is 2.33 bits per heavy atom. The van der Waals surface area contributed by atoms with Gasteiger partial charge in [-0.05, 0) is 5.92 Å². The van der Waals surface area contributed by atoms with Crippen molar-refractivity contribution in [2.24, 2.45) is 5.92 Å². The summed E-state index contributed by atoms with van der Waals surface area (Å²) in [6.45, 7) is 9.62. The predicted molar refractivity (Wildman–Crippen MR) is 65.9 cm³/mol. The first-order chi connectivity index (χ1) is 5.63. The molecule has 2 heteroatoms. The van der Waals surface area contributed by atoms with Crippen LogP contribution in [0.15, 0.2) is 0 Å². The molecule has 0 saturated heterocycles. The zero-order chi connectivity index (χ0) is 9.40. The molecule has 0 N–H and O–H groups in total. The summed E-state index contributed by atoms with van der Waals surface area (Å²) in [6.07, 6.45) is 2.98. The van der Waals surface area contributed by atoms with E-state index in [1.807, 2.05) is 0 Å². The van der Waals surface area contributed by atoms with Crippen molar-refractivity contribution >= 4 is 18.3 Å². The number of hydrogen-bond acceptors (Lipinski definition) is 0. The average molecular weight is 202 g/mol. The molecule has 74 valence electrons. The zero-order valence-electron chi connectivity index (χ0n) is 9.40. The van der Waals surface area contributed by atoms with Gasteiger partial charge in [0.1, 0.15) is 0 Å². The summed E-state index contributed by atoms with van der Waals surface area (Å²) in [4.78, 5) is 0. The molecule has 0 amide bonds. The minimum absolute atomic E-state index is 0.207. The molecule has 0 nitrogen and oxygen atoms in total. The zero-order valence-corrected chi connectivity index (χ0v) is 12.0. The van der Waals surface area contributed by atoms with Crippen molar-refractivity contribution in [2.45, 2.75) is 57.9 Å². The molecule has 0 aromatic rings. The lowest BCUT2D eigenvalue weighted by molar-refractivity contribution is 0.575. The second-order valence-electron chi connectivity index (χ2n) is 4.78. The van der Waals surface area contributed by atoms with Crippen LogP contribution in [0.25, 0.3) is 0 Å². The van der Waals surface area contributed by atoms with Crippen LogP contribution in [0.4, 0.5) is 0 Å². The smallest absolute Gasteiger partial charge is 0.0302 e. The minimum Gasteiger partial charge on any atom is -0.0722 e. The van der Waals surface area contributed by atoms with Gasteiger partial charge in [0.25, 0.3) is 0 Å². The van der Waals surface area contributed by atoms with Gasteiger partial charge in [-0.2, -0.15) is 0 Å². The van der Waals surface area contributed by atoms with Gasteiger partial charge in [-0.3, -0.25) is 0 Å². The van der Waals surface area contributed by atoms with Crippen LogP contribution in [0.1, 0.15) is 26.7 Å². The molecule has 0 aliphatic rings. The van der Waals surface area contributed by atoms with E-state index in [4.69, 9.17) is 0 Å². The highest BCUT2D eigenvalue weighted by Gasteiger charge is 1.97. The van der Waals surface area contributed by atoms with Gasteiger partial charge in [-0.15, -0.1) is 0 Å². The van der Waals surface area contributed by atoms with Crippen LogP contribution in [0.3, 0.4) is 0 Å². The lowest BCUT2D eigenvalue weighted by Crippen LogP contribution is -2.01. The molecule has 0 saturated carbocycles. The first-order valence-corrected chi connectivity index (χ1v) is 10.8. The summed E-state index contributed by atoms with van der Waals surface area (Å²) in [5.74, 6) is 0.929. The van der Waals surface area contributed by atoms with E-state index in [2.05, 4.69) is 26.9 Å². The third kappa shape index (κ3) is 10.4. The monoisotopic (exact) mass is 202 g/mol. The largest absolute Gasteiger partial charge is 0.0722 e. The van der Waals surface area contributed by atoms with Crippen LogP contribution in [-0.2, 0) is 0 Å². The summed E-state index contributed by atoms with van der Waals surface area (Å²) in [6, 6.07) is 4.87. The van der Waals surface area contributed by atoms with Crippen molar-refractivity contribution in [3.63, 3.8) is 0 Å². The third-order valence-corrected chi connectivity index (χ3v) is 6.60. The Morgan fingerprint density at radius 1 is 1.17 bits per heavy atom. The van der Waals surface area contributed by atoms with E-state index in [0.29, 0.717) is 9.52 Å². The van der Waals surface area contributed by atoms with E-state index in [9.17, 15) is 0 Å². The molecule has 0 atom stereocenters. The summed E-state index contributed by atoms with van der Waals surface area (Å²) in [7, 11) is 0.153. The Balaban J connectivity index is 2.91. The van der Waals surface area contributed by atoms with Crippen molar-refractivity contribution < 1.29 is 0 Å². The van der Waals surface area contributed by atoms with Gasteiger partial charge in [0.15, 0.2) is 0 Å². The molecule has 0 aliphatic carbocycles. The van der Waals surface area contributed by atoms with Gasteiger partial charge in [0, 0.05) is 18.3 Å². The fraction of sp³-hybridized carbons (Fsp3) is 1.00. The standard InChI is InChI=1S/C10H26Si2/c1-10(2)6-5-7-11-8-9-12(3)4/h10,12H,5-9,11H2,1-4H3. The van der Waals surface area contributed by atoms with Gasteiger partial charge in [-0.25, -0.2) is 0 Å². The molecule has 0 rings (SSSR count). The highest BCUT2D eigenvalue weighted by molar-refractivity contribution is 6.57. The van der Waals surface area contributed by atoms with Crippen LogP contribution in [-0.4, -0.2) is 18.3 Å². The van der Waals surface area contributed by atoms with E-state index >= 15 is 0 Å². The van der Waals surface area contributed by atoms with Gasteiger partial charge in [0.05, 0.1) is 0 Å². The highest BCUT2D eigenvalue weighted by Crippen LogP contribution is 2.08. The average Bonchev–Trinajstić information content (AvgIpc) is 1.95. The van der Waals surface area contributed by atoms with E-state index in [0.717, 1.165) is 5.92 Å². The normalized spacial score (nSPS) is 12.5. The van der Waals surface area contributed by atoms with Crippen molar-refractivity contribution in [1.82, 2.24) is 0 Å². The van der Waals surface area contributed by atoms with Crippen LogP contribution in [0, 0.1) is 5.92 Å². The van der Waals surface area contributed by atoms with Gasteiger partial charge < -0.3 is 0 Å². The predicted octanol–water partition coefficient (Wildman–Crippen LogP) is 2.91. The SMILES string of the molecule is CC(C)CCC[SiH2]CC[SiH](C)C. The summed E-state index contributed by atoms with van der Waals surface area (Å²) in [5.41, 5.74) is 0. The van der Waals surface area contributed by atoms with E-state index in [1.165, 1.54) is 12.8 Å². The summed E-state index contributed by atoms with van der Waals surface area (Å²) in [5, 5.41) is 0. The highest BCUT2D eigenvalue weighted by atomic mass is 28.3. The topological polar surface area (TPSA) is 0 Å². The van der Waals surface area contributed by atoms with E-state index in [-0.39, 0.29) is 8.80 Å². The summed E-state index contributed by atoms with van der Waals surface area (Å²) < 4.78 is 0. The Labute approximate surface area is 82.6 Å². The fourth-order valence-electron chi connectivity index (χ4n) is 1.46. The van der Waals surface area contributed by atoms with E-state index < -0.39 is 0 Å². The van der Waals surface area contributed by atoms with Crippen LogP contribution < -0.4 is 0 Å². The first kappa shape index (κ1) is 12.4. The number of rotatable bonds is 7. The quantitative estimate of drug-likeness (QED) is 0.440. The molecule has 0 aliphatic heterocycles. The molecular formula is C10H26Si2. The van der Waals surface area contributed by atoms with Crippen molar-refractivity contribution in [3.05, 3.63) is 0 Å². The second kappa shape index (κ2) is 8.05. The third-order valence-electron chi connectivity index (χ3n) is 2.31. The molecule has 0 bridgehead atoms. The van der Waals surface area contributed by atoms with Crippen molar-refractivity contribution in [1.29, 1.82) is 0 Å². The lowest BCUT2D eigenvalue weighted by Gasteiger charge is -2.04. The molecular weight excluding hydrogens is 176 g/mol. The lowest BCUT2D eigenvalue weighted by atomic mass is 10.1. The van der Waals surface area contributed by atoms with Crippen LogP contribution >= 0.6 is 0 Å². The first-order valence-electron chi connectivity index (χ1n) is 5.63. The fourth-order valence-corrected chi connectivity index (χ4v) is 6.88. The maximum Gasteiger partial charge on any atom is 0.0302 e. The maximum absolute atomic E-state index is 2.47. The van der Waals surface area contributed by atoms with E-state index in [1.54, 1.807) is 18.1 Å². The Bertz CT molecular complexity index is 77.8. The Hall–Kier alpha value is 0.434. The minimum atomic E-state index is -0.207. The van der Waals surface area contributed by atoms with Gasteiger partial charge >= 0.3 is 0 Å². The molecule has 0 fully saturated rings. The second-order valence-corrected chi connectivity index (χ2v) is 10.3. The van der Waals surface area contributed by atoms with Crippen molar-refractivity contribution in [3.8, 4) is 0 Å². The summed E-state index contributed by atoms with van der Waals surface area (Å²) >= 11 is 0. The van der Waals surface area contributed by atoms with Crippen LogP contribution in [0.5, 0.6) is 0 Å². The molecule has 12 heavy (non-hydrogen) atoms. The van der Waals surface area contributed by atoms with Gasteiger partial charge in [0.2, 0.25) is 0 Å². The van der Waals surface area contributed by atoms with Gasteiger partial charge in [-0.1, -0.05) is 57.9 Å². The Kier molecular flexibility index (Phi) is 8.34. The molecule has 0 radical (unpaired) electrons. The molecule has 0 spiro atoms. The number of hydrogen-bond donors (Lipinski definition) is 0. The Morgan fingerprint density at radius 2 is 1.83 bits per heavy atom. The van der Waals surface area contributed by atoms with Crippen molar-refractivity contribution in [2.75, 3.05) is 0 Å². The van der Waals surface area contributed by atoms with Crippen LogP contribution in [0.2, 0.25) is 31.2 Å². The molecule has 0 aromatic carbocycles. The molecule has 0 heterocycles. The maximum atomic E-state index is 2.47. The molecule has 0 unspecified atom stereocenters. The molecule has 0 aromatic heterocycles.